The molecule has 11 heteroatoms. The van der Waals surface area contributed by atoms with Crippen LogP contribution in [-0.4, -0.2) is 58.1 Å². The molecule has 8 nitrogen and oxygen atoms in total. The summed E-state index contributed by atoms with van der Waals surface area (Å²) >= 11 is 0. The summed E-state index contributed by atoms with van der Waals surface area (Å²) < 4.78 is 45.7. The first-order valence-electron chi connectivity index (χ1n) is 11.4. The summed E-state index contributed by atoms with van der Waals surface area (Å²) in [7, 11) is 0. The quantitative estimate of drug-likeness (QED) is 0.656. The van der Waals surface area contributed by atoms with Crippen molar-refractivity contribution in [3.63, 3.8) is 0 Å². The Morgan fingerprint density at radius 3 is 2.79 bits per heavy atom. The molecular formula is C23H27F3N6O2. The van der Waals surface area contributed by atoms with E-state index in [1.807, 2.05) is 17.9 Å². The predicted octanol–water partition coefficient (Wildman–Crippen LogP) is 3.02. The van der Waals surface area contributed by atoms with Crippen molar-refractivity contribution in [3.8, 4) is 6.07 Å². The van der Waals surface area contributed by atoms with Gasteiger partial charge in [0.05, 0.1) is 24.0 Å². The fourth-order valence-electron chi connectivity index (χ4n) is 4.64. The summed E-state index contributed by atoms with van der Waals surface area (Å²) in [5.41, 5.74) is 0.633. The summed E-state index contributed by atoms with van der Waals surface area (Å²) in [6, 6.07) is 5.29. The van der Waals surface area contributed by atoms with E-state index in [-0.39, 0.29) is 17.3 Å². The fraction of sp³-hybridized carbons (Fsp3) is 0.565. The van der Waals surface area contributed by atoms with Crippen molar-refractivity contribution in [2.45, 2.75) is 57.6 Å². The SMILES string of the molecule is C[C@@H]1CN(Cc2cccnc2CC(F)(F)F)CCN1c1cnn(C2CCCCO2)c(=O)c1C#N. The first-order chi connectivity index (χ1) is 16.3. The van der Waals surface area contributed by atoms with Crippen LogP contribution in [0.2, 0.25) is 0 Å². The van der Waals surface area contributed by atoms with Gasteiger partial charge >= 0.3 is 6.18 Å². The number of nitriles is 1. The number of aromatic nitrogens is 3. The number of ether oxygens (including phenoxy) is 1. The van der Waals surface area contributed by atoms with Gasteiger partial charge in [-0.25, -0.2) is 0 Å². The van der Waals surface area contributed by atoms with Crippen LogP contribution in [0.25, 0.3) is 0 Å². The van der Waals surface area contributed by atoms with E-state index in [9.17, 15) is 23.2 Å². The smallest absolute Gasteiger partial charge is 0.364 e. The summed E-state index contributed by atoms with van der Waals surface area (Å²) in [6.07, 6.45) is -0.362. The highest BCUT2D eigenvalue weighted by atomic mass is 19.4. The van der Waals surface area contributed by atoms with Gasteiger partial charge in [-0.2, -0.15) is 28.2 Å². The third kappa shape index (κ3) is 5.39. The van der Waals surface area contributed by atoms with Gasteiger partial charge in [0, 0.05) is 45.0 Å². The molecule has 2 saturated heterocycles. The van der Waals surface area contributed by atoms with Crippen molar-refractivity contribution < 1.29 is 17.9 Å². The first kappa shape index (κ1) is 24.2. The van der Waals surface area contributed by atoms with Crippen molar-refractivity contribution in [2.75, 3.05) is 31.1 Å². The van der Waals surface area contributed by atoms with Gasteiger partial charge in [0.25, 0.3) is 5.56 Å². The maximum Gasteiger partial charge on any atom is 0.394 e. The number of pyridine rings is 1. The van der Waals surface area contributed by atoms with Crippen LogP contribution < -0.4 is 10.5 Å². The Kier molecular flexibility index (Phi) is 7.19. The second kappa shape index (κ2) is 10.1. The van der Waals surface area contributed by atoms with Crippen LogP contribution in [0.1, 0.15) is 49.2 Å². The average molecular weight is 477 g/mol. The molecule has 34 heavy (non-hydrogen) atoms. The summed E-state index contributed by atoms with van der Waals surface area (Å²) in [5, 5.41) is 14.1. The minimum Gasteiger partial charge on any atom is -0.364 e. The lowest BCUT2D eigenvalue weighted by molar-refractivity contribution is -0.128. The second-order valence-corrected chi connectivity index (χ2v) is 8.77. The van der Waals surface area contributed by atoms with Gasteiger partial charge in [0.2, 0.25) is 0 Å². The topological polar surface area (TPSA) is 87.3 Å². The molecule has 2 aliphatic rings. The minimum atomic E-state index is -4.32. The lowest BCUT2D eigenvalue weighted by Crippen LogP contribution is -2.52. The molecule has 0 amide bonds. The van der Waals surface area contributed by atoms with Gasteiger partial charge in [0.15, 0.2) is 6.23 Å². The fourth-order valence-corrected chi connectivity index (χ4v) is 4.64. The van der Waals surface area contributed by atoms with Gasteiger partial charge in [0.1, 0.15) is 11.6 Å². The summed E-state index contributed by atoms with van der Waals surface area (Å²) in [4.78, 5) is 21.0. The normalized spacial score (nSPS) is 21.9. The van der Waals surface area contributed by atoms with E-state index in [1.165, 1.54) is 10.9 Å². The molecule has 0 saturated carbocycles. The van der Waals surface area contributed by atoms with Crippen LogP contribution in [0.4, 0.5) is 18.9 Å². The number of halogens is 3. The van der Waals surface area contributed by atoms with E-state index in [2.05, 4.69) is 15.0 Å². The Bertz CT molecular complexity index is 1110. The molecule has 1 unspecified atom stereocenters. The Labute approximate surface area is 195 Å². The molecule has 0 spiro atoms. The largest absolute Gasteiger partial charge is 0.394 e. The van der Waals surface area contributed by atoms with Gasteiger partial charge in [-0.3, -0.25) is 14.7 Å². The number of anilines is 1. The minimum absolute atomic E-state index is 0.0317. The van der Waals surface area contributed by atoms with E-state index in [0.29, 0.717) is 50.5 Å². The molecule has 2 atom stereocenters. The zero-order valence-electron chi connectivity index (χ0n) is 19.0. The summed E-state index contributed by atoms with van der Waals surface area (Å²) in [5.74, 6) is 0. The molecule has 2 aliphatic heterocycles. The standard InChI is InChI=1S/C23H27F3N6O2/c1-16-14-30(15-17-5-4-7-28-19(17)11-23(24,25)26)8-9-31(16)20-13-29-32(22(33)18(20)12-27)21-6-2-3-10-34-21/h4-5,7,13,16,21H,2-3,6,8-11,14-15H2,1H3/t16-,21?/m1/s1. The van der Waals surface area contributed by atoms with Gasteiger partial charge in [-0.15, -0.1) is 0 Å². The van der Waals surface area contributed by atoms with Gasteiger partial charge in [-0.1, -0.05) is 6.07 Å². The lowest BCUT2D eigenvalue weighted by Gasteiger charge is -2.41. The molecule has 4 rings (SSSR count). The Hall–Kier alpha value is -2.97. The molecule has 2 aromatic heterocycles. The highest BCUT2D eigenvalue weighted by molar-refractivity contribution is 5.57. The molecular weight excluding hydrogens is 449 g/mol. The van der Waals surface area contributed by atoms with E-state index >= 15 is 0 Å². The van der Waals surface area contributed by atoms with Gasteiger partial charge in [-0.05, 0) is 37.8 Å². The number of alkyl halides is 3. The maximum atomic E-state index is 13.0. The molecule has 2 fully saturated rings. The van der Waals surface area contributed by atoms with Crippen molar-refractivity contribution in [1.82, 2.24) is 19.7 Å². The molecule has 182 valence electrons. The van der Waals surface area contributed by atoms with Crippen LogP contribution in [-0.2, 0) is 17.7 Å². The first-order valence-corrected chi connectivity index (χ1v) is 11.4. The van der Waals surface area contributed by atoms with Crippen molar-refractivity contribution in [2.24, 2.45) is 0 Å². The number of nitrogens with zero attached hydrogens (tertiary/aromatic N) is 6. The molecule has 0 aliphatic carbocycles. The lowest BCUT2D eigenvalue weighted by atomic mass is 10.1. The van der Waals surface area contributed by atoms with Crippen LogP contribution in [0.5, 0.6) is 0 Å². The summed E-state index contributed by atoms with van der Waals surface area (Å²) in [6.45, 7) is 4.49. The average Bonchev–Trinajstić information content (AvgIpc) is 2.80. The molecule has 0 radical (unpaired) electrons. The molecule has 0 bridgehead atoms. The Morgan fingerprint density at radius 1 is 1.29 bits per heavy atom. The third-order valence-electron chi connectivity index (χ3n) is 6.29. The highest BCUT2D eigenvalue weighted by Gasteiger charge is 2.32. The number of rotatable bonds is 5. The monoisotopic (exact) mass is 476 g/mol. The molecule has 4 heterocycles. The molecule has 0 N–H and O–H groups in total. The molecule has 0 aromatic carbocycles. The van der Waals surface area contributed by atoms with Crippen LogP contribution in [0.15, 0.2) is 29.3 Å². The van der Waals surface area contributed by atoms with Crippen molar-refractivity contribution in [3.05, 3.63) is 51.7 Å². The second-order valence-electron chi connectivity index (χ2n) is 8.77. The van der Waals surface area contributed by atoms with E-state index < -0.39 is 24.4 Å². The highest BCUT2D eigenvalue weighted by Crippen LogP contribution is 2.26. The zero-order valence-corrected chi connectivity index (χ0v) is 19.0. The van der Waals surface area contributed by atoms with Gasteiger partial charge < -0.3 is 9.64 Å². The third-order valence-corrected chi connectivity index (χ3v) is 6.29. The Balaban J connectivity index is 1.49. The number of piperazine rings is 1. The van der Waals surface area contributed by atoms with Crippen LogP contribution >= 0.6 is 0 Å². The number of hydrogen-bond acceptors (Lipinski definition) is 7. The van der Waals surface area contributed by atoms with Crippen LogP contribution in [0, 0.1) is 11.3 Å². The zero-order chi connectivity index (χ0) is 24.3. The van der Waals surface area contributed by atoms with Crippen LogP contribution in [0.3, 0.4) is 0 Å². The predicted molar refractivity (Wildman–Crippen MR) is 118 cm³/mol. The van der Waals surface area contributed by atoms with E-state index in [4.69, 9.17) is 4.74 Å². The van der Waals surface area contributed by atoms with Crippen molar-refractivity contribution in [1.29, 1.82) is 5.26 Å². The number of hydrogen-bond donors (Lipinski definition) is 0. The van der Waals surface area contributed by atoms with E-state index in [0.717, 1.165) is 12.8 Å². The Morgan fingerprint density at radius 2 is 2.12 bits per heavy atom. The maximum absolute atomic E-state index is 13.0. The van der Waals surface area contributed by atoms with E-state index in [1.54, 1.807) is 18.3 Å². The molecule has 2 aromatic rings. The van der Waals surface area contributed by atoms with Crippen molar-refractivity contribution >= 4 is 5.69 Å².